The Labute approximate surface area is 128 Å². The Kier molecular flexibility index (Phi) is 3.52. The summed E-state index contributed by atoms with van der Waals surface area (Å²) in [6.07, 6.45) is 9.20. The zero-order valence-electron chi connectivity index (χ0n) is 13.4. The second kappa shape index (κ2) is 5.26. The van der Waals surface area contributed by atoms with Crippen molar-refractivity contribution in [3.05, 3.63) is 0 Å². The zero-order chi connectivity index (χ0) is 14.4. The molecule has 1 saturated heterocycles. The SMILES string of the molecule is CC1(CNC(=O)C2C3CC4CC(C3)CC2C4)CCNCC1. The Bertz CT molecular complexity index is 385. The highest BCUT2D eigenvalue weighted by Gasteiger charge is 2.50. The van der Waals surface area contributed by atoms with Crippen LogP contribution < -0.4 is 10.6 Å². The summed E-state index contributed by atoms with van der Waals surface area (Å²) in [6.45, 7) is 5.43. The zero-order valence-corrected chi connectivity index (χ0v) is 13.4. The molecule has 2 N–H and O–H groups in total. The van der Waals surface area contributed by atoms with E-state index in [1.807, 2.05) is 0 Å². The number of nitrogens with one attached hydrogen (secondary N) is 2. The maximum atomic E-state index is 12.8. The highest BCUT2D eigenvalue weighted by molar-refractivity contribution is 5.79. The van der Waals surface area contributed by atoms with Gasteiger partial charge in [-0.2, -0.15) is 0 Å². The van der Waals surface area contributed by atoms with Gasteiger partial charge < -0.3 is 10.6 Å². The molecule has 0 aromatic carbocycles. The van der Waals surface area contributed by atoms with Gasteiger partial charge in [-0.25, -0.2) is 0 Å². The summed E-state index contributed by atoms with van der Waals surface area (Å²) in [5, 5.41) is 6.77. The molecule has 0 aromatic heterocycles. The summed E-state index contributed by atoms with van der Waals surface area (Å²) in [5.41, 5.74) is 0.312. The molecule has 5 rings (SSSR count). The summed E-state index contributed by atoms with van der Waals surface area (Å²) in [5.74, 6) is 4.08. The normalized spacial score (nSPS) is 43.8. The number of hydrogen-bond acceptors (Lipinski definition) is 2. The Morgan fingerprint density at radius 2 is 1.62 bits per heavy atom. The second-order valence-electron chi connectivity index (χ2n) is 8.73. The van der Waals surface area contributed by atoms with Crippen molar-refractivity contribution < 1.29 is 4.79 Å². The first kappa shape index (κ1) is 14.0. The van der Waals surface area contributed by atoms with Crippen molar-refractivity contribution in [3.63, 3.8) is 0 Å². The molecule has 0 unspecified atom stereocenters. The predicted molar refractivity (Wildman–Crippen MR) is 83.8 cm³/mol. The molecule has 4 bridgehead atoms. The van der Waals surface area contributed by atoms with Crippen LogP contribution >= 0.6 is 0 Å². The molecule has 4 saturated carbocycles. The van der Waals surface area contributed by atoms with Crippen LogP contribution in [-0.4, -0.2) is 25.5 Å². The van der Waals surface area contributed by atoms with Crippen LogP contribution in [0.1, 0.15) is 51.9 Å². The van der Waals surface area contributed by atoms with Crippen molar-refractivity contribution in [2.24, 2.45) is 35.0 Å². The van der Waals surface area contributed by atoms with E-state index in [2.05, 4.69) is 17.6 Å². The molecule has 5 aliphatic rings. The summed E-state index contributed by atoms with van der Waals surface area (Å²) < 4.78 is 0. The van der Waals surface area contributed by atoms with Crippen molar-refractivity contribution in [2.75, 3.05) is 19.6 Å². The topological polar surface area (TPSA) is 41.1 Å². The van der Waals surface area contributed by atoms with Crippen LogP contribution in [-0.2, 0) is 4.79 Å². The number of hydrogen-bond donors (Lipinski definition) is 2. The average molecular weight is 290 g/mol. The first-order chi connectivity index (χ1) is 10.1. The Morgan fingerprint density at radius 1 is 1.05 bits per heavy atom. The number of amides is 1. The lowest BCUT2D eigenvalue weighted by Crippen LogP contribution is -2.52. The van der Waals surface area contributed by atoms with Crippen LogP contribution in [0.3, 0.4) is 0 Å². The molecule has 3 nitrogen and oxygen atoms in total. The fourth-order valence-corrected chi connectivity index (χ4v) is 5.98. The molecule has 5 fully saturated rings. The summed E-state index contributed by atoms with van der Waals surface area (Å²) in [6, 6.07) is 0. The number of carbonyl (C=O) groups excluding carboxylic acids is 1. The smallest absolute Gasteiger partial charge is 0.223 e. The molecular formula is C18H30N2O. The fourth-order valence-electron chi connectivity index (χ4n) is 5.98. The Balaban J connectivity index is 1.37. The number of rotatable bonds is 3. The van der Waals surface area contributed by atoms with E-state index in [9.17, 15) is 4.79 Å². The molecule has 21 heavy (non-hydrogen) atoms. The van der Waals surface area contributed by atoms with Gasteiger partial charge in [0.05, 0.1) is 0 Å². The highest BCUT2D eigenvalue weighted by Crippen LogP contribution is 2.56. The van der Waals surface area contributed by atoms with Crippen LogP contribution in [0, 0.1) is 35.0 Å². The van der Waals surface area contributed by atoms with Gasteiger partial charge in [0.15, 0.2) is 0 Å². The van der Waals surface area contributed by atoms with Gasteiger partial charge in [-0.05, 0) is 87.1 Å². The van der Waals surface area contributed by atoms with Gasteiger partial charge in [-0.3, -0.25) is 4.79 Å². The summed E-state index contributed by atoms with van der Waals surface area (Å²) in [4.78, 5) is 12.8. The lowest BCUT2D eigenvalue weighted by molar-refractivity contribution is -0.138. The third-order valence-electron chi connectivity index (χ3n) is 7.03. The van der Waals surface area contributed by atoms with Crippen molar-refractivity contribution in [2.45, 2.75) is 51.9 Å². The van der Waals surface area contributed by atoms with E-state index < -0.39 is 0 Å². The van der Waals surface area contributed by atoms with E-state index in [0.717, 1.165) is 31.5 Å². The van der Waals surface area contributed by atoms with E-state index in [0.29, 0.717) is 29.1 Å². The van der Waals surface area contributed by atoms with Crippen molar-refractivity contribution in [1.82, 2.24) is 10.6 Å². The molecule has 3 heteroatoms. The average Bonchev–Trinajstić information content (AvgIpc) is 2.45. The monoisotopic (exact) mass is 290 g/mol. The predicted octanol–water partition coefficient (Wildman–Crippen LogP) is 2.56. The number of piperidine rings is 1. The van der Waals surface area contributed by atoms with Gasteiger partial charge in [-0.15, -0.1) is 0 Å². The van der Waals surface area contributed by atoms with E-state index in [-0.39, 0.29) is 0 Å². The lowest BCUT2D eigenvalue weighted by atomic mass is 9.51. The third-order valence-corrected chi connectivity index (χ3v) is 7.03. The van der Waals surface area contributed by atoms with E-state index >= 15 is 0 Å². The minimum atomic E-state index is 0.312. The van der Waals surface area contributed by atoms with E-state index in [1.165, 1.54) is 44.9 Å². The second-order valence-corrected chi connectivity index (χ2v) is 8.73. The molecule has 0 aromatic rings. The maximum Gasteiger partial charge on any atom is 0.223 e. The first-order valence-corrected chi connectivity index (χ1v) is 9.11. The minimum absolute atomic E-state index is 0.312. The van der Waals surface area contributed by atoms with Crippen LogP contribution in [0.25, 0.3) is 0 Å². The molecule has 4 aliphatic carbocycles. The Hall–Kier alpha value is -0.570. The molecule has 118 valence electrons. The van der Waals surface area contributed by atoms with Gasteiger partial charge in [0, 0.05) is 12.5 Å². The van der Waals surface area contributed by atoms with Gasteiger partial charge in [0.1, 0.15) is 0 Å². The largest absolute Gasteiger partial charge is 0.355 e. The molecule has 1 amide bonds. The summed E-state index contributed by atoms with van der Waals surface area (Å²) in [7, 11) is 0. The fraction of sp³-hybridized carbons (Fsp3) is 0.944. The molecule has 1 aliphatic heterocycles. The summed E-state index contributed by atoms with van der Waals surface area (Å²) >= 11 is 0. The molecule has 0 atom stereocenters. The van der Waals surface area contributed by atoms with Crippen molar-refractivity contribution in [1.29, 1.82) is 0 Å². The Morgan fingerprint density at radius 3 is 2.19 bits per heavy atom. The van der Waals surface area contributed by atoms with E-state index in [4.69, 9.17) is 0 Å². The van der Waals surface area contributed by atoms with E-state index in [1.54, 1.807) is 0 Å². The van der Waals surface area contributed by atoms with Crippen LogP contribution in [0.2, 0.25) is 0 Å². The van der Waals surface area contributed by atoms with Gasteiger partial charge in [0.2, 0.25) is 5.91 Å². The third kappa shape index (κ3) is 2.62. The lowest BCUT2D eigenvalue weighted by Gasteiger charge is -2.53. The van der Waals surface area contributed by atoms with Crippen LogP contribution in [0.4, 0.5) is 0 Å². The number of carbonyl (C=O) groups is 1. The van der Waals surface area contributed by atoms with Gasteiger partial charge >= 0.3 is 0 Å². The standard InChI is InChI=1S/C18H30N2O/c1-18(2-4-19-5-3-18)11-20-17(21)16-14-7-12-6-13(9-14)10-15(16)8-12/h12-16,19H,2-11H2,1H3,(H,20,21). The molecular weight excluding hydrogens is 260 g/mol. The highest BCUT2D eigenvalue weighted by atomic mass is 16.1. The minimum Gasteiger partial charge on any atom is -0.355 e. The van der Waals surface area contributed by atoms with Crippen LogP contribution in [0.15, 0.2) is 0 Å². The quantitative estimate of drug-likeness (QED) is 0.839. The van der Waals surface area contributed by atoms with Crippen LogP contribution in [0.5, 0.6) is 0 Å². The van der Waals surface area contributed by atoms with Gasteiger partial charge in [-0.1, -0.05) is 6.92 Å². The van der Waals surface area contributed by atoms with Crippen molar-refractivity contribution >= 4 is 5.91 Å². The maximum absolute atomic E-state index is 12.8. The molecule has 0 spiro atoms. The van der Waals surface area contributed by atoms with Crippen molar-refractivity contribution in [3.8, 4) is 0 Å². The molecule has 1 heterocycles. The first-order valence-electron chi connectivity index (χ1n) is 9.11. The molecule has 0 radical (unpaired) electrons. The van der Waals surface area contributed by atoms with Gasteiger partial charge in [0.25, 0.3) is 0 Å².